The van der Waals surface area contributed by atoms with E-state index in [9.17, 15) is 13.6 Å². The maximum Gasteiger partial charge on any atom is 0.252 e. The first kappa shape index (κ1) is 8.80. The second-order valence-electron chi connectivity index (χ2n) is 2.80. The average Bonchev–Trinajstić information content (AvgIpc) is 2.56. The van der Waals surface area contributed by atoms with Crippen LogP contribution in [0.15, 0.2) is 23.3 Å². The lowest BCUT2D eigenvalue weighted by Gasteiger charge is -2.12. The van der Waals surface area contributed by atoms with Gasteiger partial charge in [-0.25, -0.2) is 8.78 Å². The first-order chi connectivity index (χ1) is 6.68. The first-order valence-electron chi connectivity index (χ1n) is 3.99. The molecule has 0 aliphatic carbocycles. The van der Waals surface area contributed by atoms with Gasteiger partial charge in [0.2, 0.25) is 0 Å². The van der Waals surface area contributed by atoms with E-state index in [1.807, 2.05) is 0 Å². The predicted molar refractivity (Wildman–Crippen MR) is 47.0 cm³/mol. The summed E-state index contributed by atoms with van der Waals surface area (Å²) in [5, 5.41) is 4.50. The molecule has 3 nitrogen and oxygen atoms in total. The van der Waals surface area contributed by atoms with Crippen LogP contribution in [0.25, 0.3) is 0 Å². The molecule has 1 amide bonds. The van der Waals surface area contributed by atoms with E-state index in [1.165, 1.54) is 6.21 Å². The number of hydrogen-bond donors (Lipinski definition) is 0. The molecule has 0 aromatic heterocycles. The van der Waals surface area contributed by atoms with Crippen molar-refractivity contribution in [2.24, 2.45) is 5.10 Å². The van der Waals surface area contributed by atoms with Gasteiger partial charge >= 0.3 is 0 Å². The van der Waals surface area contributed by atoms with Crippen molar-refractivity contribution in [2.75, 3.05) is 5.01 Å². The number of hydrazone groups is 1. The molecule has 72 valence electrons. The lowest BCUT2D eigenvalue weighted by molar-refractivity contribution is -0.116. The van der Waals surface area contributed by atoms with Crippen molar-refractivity contribution in [3.63, 3.8) is 0 Å². The Bertz CT molecular complexity index is 417. The normalized spacial score (nSPS) is 15.3. The van der Waals surface area contributed by atoms with E-state index >= 15 is 0 Å². The van der Waals surface area contributed by atoms with Gasteiger partial charge in [0.25, 0.3) is 5.91 Å². The van der Waals surface area contributed by atoms with Gasteiger partial charge in [-0.05, 0) is 12.1 Å². The van der Waals surface area contributed by atoms with E-state index in [2.05, 4.69) is 5.10 Å². The third kappa shape index (κ3) is 1.37. The molecule has 0 N–H and O–H groups in total. The molecule has 0 saturated carbocycles. The highest BCUT2D eigenvalue weighted by Crippen LogP contribution is 2.23. The van der Waals surface area contributed by atoms with Crippen molar-refractivity contribution in [1.29, 1.82) is 0 Å². The highest BCUT2D eigenvalue weighted by molar-refractivity contribution is 6.05. The SMILES string of the molecule is O=C1CC=NN1c1cc(F)ccc1F. The molecule has 5 heteroatoms. The number of halogens is 2. The van der Waals surface area contributed by atoms with Crippen molar-refractivity contribution in [2.45, 2.75) is 6.42 Å². The van der Waals surface area contributed by atoms with Gasteiger partial charge < -0.3 is 0 Å². The van der Waals surface area contributed by atoms with Crippen LogP contribution in [-0.4, -0.2) is 12.1 Å². The summed E-state index contributed by atoms with van der Waals surface area (Å²) in [6.45, 7) is 0. The number of nitrogens with zero attached hydrogens (tertiary/aromatic N) is 2. The second kappa shape index (κ2) is 3.17. The molecule has 1 heterocycles. The predicted octanol–water partition coefficient (Wildman–Crippen LogP) is 1.69. The third-order valence-electron chi connectivity index (χ3n) is 1.84. The summed E-state index contributed by atoms with van der Waals surface area (Å²) < 4.78 is 25.9. The number of carbonyl (C=O) groups is 1. The average molecular weight is 196 g/mol. The Morgan fingerprint density at radius 3 is 2.79 bits per heavy atom. The Morgan fingerprint density at radius 1 is 1.36 bits per heavy atom. The van der Waals surface area contributed by atoms with Crippen molar-refractivity contribution >= 4 is 17.8 Å². The molecule has 0 spiro atoms. The highest BCUT2D eigenvalue weighted by atomic mass is 19.1. The Hall–Kier alpha value is -1.78. The molecule has 0 unspecified atom stereocenters. The molecule has 0 fully saturated rings. The molecule has 1 aliphatic rings. The van der Waals surface area contributed by atoms with Crippen LogP contribution in [0.1, 0.15) is 6.42 Å². The van der Waals surface area contributed by atoms with Crippen LogP contribution in [0.4, 0.5) is 14.5 Å². The molecular formula is C9H6F2N2O. The fourth-order valence-electron chi connectivity index (χ4n) is 1.20. The Balaban J connectivity index is 2.45. The lowest BCUT2D eigenvalue weighted by atomic mass is 10.3. The monoisotopic (exact) mass is 196 g/mol. The van der Waals surface area contributed by atoms with Gasteiger partial charge in [0.15, 0.2) is 0 Å². The summed E-state index contributed by atoms with van der Waals surface area (Å²) in [5.41, 5.74) is -0.149. The summed E-state index contributed by atoms with van der Waals surface area (Å²) in [5.74, 6) is -1.63. The first-order valence-corrected chi connectivity index (χ1v) is 3.99. The van der Waals surface area contributed by atoms with E-state index in [0.717, 1.165) is 23.2 Å². The Morgan fingerprint density at radius 2 is 2.14 bits per heavy atom. The van der Waals surface area contributed by atoms with Gasteiger partial charge in [-0.2, -0.15) is 10.1 Å². The summed E-state index contributed by atoms with van der Waals surface area (Å²) in [6.07, 6.45) is 1.47. The van der Waals surface area contributed by atoms with Crippen LogP contribution in [0, 0.1) is 11.6 Å². The van der Waals surface area contributed by atoms with E-state index in [0.29, 0.717) is 0 Å². The number of amides is 1. The minimum atomic E-state index is -0.668. The van der Waals surface area contributed by atoms with Crippen molar-refractivity contribution < 1.29 is 13.6 Å². The standard InChI is InChI=1S/C9H6F2N2O/c10-6-1-2-7(11)8(5-6)13-9(14)3-4-12-13/h1-2,4-5H,3H2. The number of benzene rings is 1. The van der Waals surface area contributed by atoms with Gasteiger partial charge in [0.05, 0.1) is 6.42 Å². The fraction of sp³-hybridized carbons (Fsp3) is 0.111. The summed E-state index contributed by atoms with van der Waals surface area (Å²) in [4.78, 5) is 11.2. The molecular weight excluding hydrogens is 190 g/mol. The molecule has 1 aromatic rings. The van der Waals surface area contributed by atoms with Gasteiger partial charge in [-0.1, -0.05) is 0 Å². The molecule has 2 rings (SSSR count). The second-order valence-corrected chi connectivity index (χ2v) is 2.80. The maximum atomic E-state index is 13.2. The summed E-state index contributed by atoms with van der Waals surface area (Å²) >= 11 is 0. The fourth-order valence-corrected chi connectivity index (χ4v) is 1.20. The van der Waals surface area contributed by atoms with Crippen LogP contribution >= 0.6 is 0 Å². The quantitative estimate of drug-likeness (QED) is 0.672. The zero-order valence-electron chi connectivity index (χ0n) is 7.08. The highest BCUT2D eigenvalue weighted by Gasteiger charge is 2.21. The summed E-state index contributed by atoms with van der Waals surface area (Å²) in [7, 11) is 0. The van der Waals surface area contributed by atoms with Crippen LogP contribution in [0.3, 0.4) is 0 Å². The Kier molecular flexibility index (Phi) is 1.99. The zero-order valence-corrected chi connectivity index (χ0v) is 7.08. The minimum absolute atomic E-state index is 0.121. The minimum Gasteiger partial charge on any atom is -0.272 e. The van der Waals surface area contributed by atoms with Crippen molar-refractivity contribution in [3.8, 4) is 0 Å². The molecule has 0 radical (unpaired) electrons. The van der Waals surface area contributed by atoms with E-state index in [-0.39, 0.29) is 18.0 Å². The maximum absolute atomic E-state index is 13.2. The Labute approximate surface area is 78.6 Å². The molecule has 1 aromatic carbocycles. The number of hydrogen-bond acceptors (Lipinski definition) is 2. The van der Waals surface area contributed by atoms with Crippen LogP contribution < -0.4 is 5.01 Å². The smallest absolute Gasteiger partial charge is 0.252 e. The van der Waals surface area contributed by atoms with Gasteiger partial charge in [0.1, 0.15) is 17.3 Å². The number of anilines is 1. The third-order valence-corrected chi connectivity index (χ3v) is 1.84. The van der Waals surface area contributed by atoms with E-state index in [1.54, 1.807) is 0 Å². The largest absolute Gasteiger partial charge is 0.272 e. The topological polar surface area (TPSA) is 32.7 Å². The molecule has 0 saturated heterocycles. The summed E-state index contributed by atoms with van der Waals surface area (Å²) in [6, 6.07) is 2.89. The van der Waals surface area contributed by atoms with Crippen molar-refractivity contribution in [3.05, 3.63) is 29.8 Å². The van der Waals surface area contributed by atoms with Gasteiger partial charge in [-0.15, -0.1) is 0 Å². The van der Waals surface area contributed by atoms with E-state index in [4.69, 9.17) is 0 Å². The van der Waals surface area contributed by atoms with Crippen molar-refractivity contribution in [1.82, 2.24) is 0 Å². The lowest BCUT2D eigenvalue weighted by Crippen LogP contribution is -2.20. The molecule has 0 bridgehead atoms. The number of rotatable bonds is 1. The molecule has 1 aliphatic heterocycles. The van der Waals surface area contributed by atoms with Crippen LogP contribution in [0.2, 0.25) is 0 Å². The van der Waals surface area contributed by atoms with Crippen LogP contribution in [-0.2, 0) is 4.79 Å². The molecule has 14 heavy (non-hydrogen) atoms. The molecule has 0 atom stereocenters. The number of carbonyl (C=O) groups excluding carboxylic acids is 1. The zero-order chi connectivity index (χ0) is 10.1. The van der Waals surface area contributed by atoms with E-state index < -0.39 is 11.6 Å². The van der Waals surface area contributed by atoms with Gasteiger partial charge in [-0.3, -0.25) is 4.79 Å². The van der Waals surface area contributed by atoms with Gasteiger partial charge in [0, 0.05) is 12.3 Å². The van der Waals surface area contributed by atoms with Crippen LogP contribution in [0.5, 0.6) is 0 Å².